The molecule has 0 aromatic carbocycles. The number of allylic oxidation sites excluding steroid dienone is 1. The fraction of sp³-hybridized carbons (Fsp3) is 0.833. The molecule has 1 amide bonds. The van der Waals surface area contributed by atoms with Crippen LogP contribution in [0.25, 0.3) is 0 Å². The second-order valence-electron chi connectivity index (χ2n) is 10.2. The SMILES string of the molecule is CCCCC/C=C\C(CCCCCCC(=O)NC(CCCN)C(=O)O)OC(=O)CCCCCCCCC. The molecule has 0 aliphatic rings. The number of amides is 1. The molecule has 4 N–H and O–H groups in total. The van der Waals surface area contributed by atoms with Crippen LogP contribution in [0.1, 0.15) is 142 Å². The Balaban J connectivity index is 4.28. The Labute approximate surface area is 226 Å². The number of nitrogens with one attached hydrogen (secondary N) is 1. The molecule has 0 heterocycles. The normalized spacial score (nSPS) is 12.9. The first-order valence-electron chi connectivity index (χ1n) is 15.0. The second kappa shape index (κ2) is 25.7. The van der Waals surface area contributed by atoms with Gasteiger partial charge in [0.05, 0.1) is 0 Å². The molecule has 37 heavy (non-hydrogen) atoms. The number of nitrogens with two attached hydrogens (primary N) is 1. The maximum Gasteiger partial charge on any atom is 0.326 e. The number of ether oxygens (including phenoxy) is 1. The van der Waals surface area contributed by atoms with Gasteiger partial charge in [0.2, 0.25) is 5.91 Å². The van der Waals surface area contributed by atoms with Crippen molar-refractivity contribution in [1.29, 1.82) is 0 Å². The lowest BCUT2D eigenvalue weighted by Gasteiger charge is -2.15. The number of carbonyl (C=O) groups excluding carboxylic acids is 2. The van der Waals surface area contributed by atoms with Crippen LogP contribution in [0.2, 0.25) is 0 Å². The molecule has 0 bridgehead atoms. The molecule has 2 atom stereocenters. The standard InChI is InChI=1S/C30H56N2O5/c1-3-5-7-9-10-12-18-24-29(34)37-26(20-15-11-8-6-4-2)21-16-13-14-17-23-28(33)32-27(30(35)36)22-19-25-31/h15,20,26-27H,3-14,16-19,21-25,31H2,1-2H3,(H,32,33)(H,35,36)/b20-15-. The van der Waals surface area contributed by atoms with E-state index < -0.39 is 12.0 Å². The van der Waals surface area contributed by atoms with Crippen LogP contribution in [-0.2, 0) is 19.1 Å². The van der Waals surface area contributed by atoms with Crippen LogP contribution in [-0.4, -0.2) is 41.6 Å². The third-order valence-electron chi connectivity index (χ3n) is 6.57. The Bertz CT molecular complexity index is 609. The van der Waals surface area contributed by atoms with Crippen molar-refractivity contribution in [3.63, 3.8) is 0 Å². The van der Waals surface area contributed by atoms with E-state index in [1.54, 1.807) is 0 Å². The van der Waals surface area contributed by atoms with Gasteiger partial charge in [0.25, 0.3) is 0 Å². The monoisotopic (exact) mass is 524 g/mol. The van der Waals surface area contributed by atoms with Gasteiger partial charge >= 0.3 is 11.9 Å². The molecule has 0 radical (unpaired) electrons. The minimum atomic E-state index is -1.02. The van der Waals surface area contributed by atoms with Gasteiger partial charge in [-0.3, -0.25) is 9.59 Å². The Morgan fingerprint density at radius 1 is 0.784 bits per heavy atom. The molecule has 0 aromatic rings. The zero-order valence-electron chi connectivity index (χ0n) is 23.8. The fourth-order valence-electron chi connectivity index (χ4n) is 4.24. The topological polar surface area (TPSA) is 119 Å². The molecule has 0 rings (SSSR count). The highest BCUT2D eigenvalue weighted by Crippen LogP contribution is 2.14. The van der Waals surface area contributed by atoms with Gasteiger partial charge in [0, 0.05) is 12.8 Å². The summed E-state index contributed by atoms with van der Waals surface area (Å²) in [6.07, 6.45) is 22.8. The minimum absolute atomic E-state index is 0.101. The fourth-order valence-corrected chi connectivity index (χ4v) is 4.24. The van der Waals surface area contributed by atoms with Gasteiger partial charge in [0.15, 0.2) is 0 Å². The summed E-state index contributed by atoms with van der Waals surface area (Å²) in [7, 11) is 0. The summed E-state index contributed by atoms with van der Waals surface area (Å²) in [5.74, 6) is -1.34. The number of carbonyl (C=O) groups is 3. The molecule has 0 aromatic heterocycles. The molecule has 2 unspecified atom stereocenters. The average Bonchev–Trinajstić information content (AvgIpc) is 2.87. The van der Waals surface area contributed by atoms with Gasteiger partial charge in [-0.05, 0) is 64.0 Å². The van der Waals surface area contributed by atoms with E-state index in [0.29, 0.717) is 38.6 Å². The maximum absolute atomic E-state index is 12.4. The van der Waals surface area contributed by atoms with Crippen LogP contribution >= 0.6 is 0 Å². The van der Waals surface area contributed by atoms with Gasteiger partial charge in [-0.25, -0.2) is 4.79 Å². The maximum atomic E-state index is 12.4. The third-order valence-corrected chi connectivity index (χ3v) is 6.57. The molecular formula is C30H56N2O5. The highest BCUT2D eigenvalue weighted by Gasteiger charge is 2.18. The van der Waals surface area contributed by atoms with Crippen LogP contribution in [0.3, 0.4) is 0 Å². The van der Waals surface area contributed by atoms with Gasteiger partial charge < -0.3 is 20.9 Å². The van der Waals surface area contributed by atoms with Crippen molar-refractivity contribution in [2.75, 3.05) is 6.54 Å². The van der Waals surface area contributed by atoms with Crippen LogP contribution in [0.15, 0.2) is 12.2 Å². The van der Waals surface area contributed by atoms with E-state index in [1.165, 1.54) is 44.9 Å². The molecule has 7 heteroatoms. The number of unbranched alkanes of at least 4 members (excludes halogenated alkanes) is 12. The lowest BCUT2D eigenvalue weighted by atomic mass is 10.1. The summed E-state index contributed by atoms with van der Waals surface area (Å²) in [5.41, 5.74) is 5.44. The van der Waals surface area contributed by atoms with E-state index in [2.05, 4.69) is 31.3 Å². The highest BCUT2D eigenvalue weighted by molar-refractivity contribution is 5.83. The Morgan fingerprint density at radius 2 is 1.38 bits per heavy atom. The van der Waals surface area contributed by atoms with Crippen LogP contribution in [0, 0.1) is 0 Å². The molecule has 0 saturated carbocycles. The predicted molar refractivity (Wildman–Crippen MR) is 151 cm³/mol. The lowest BCUT2D eigenvalue weighted by molar-refractivity contribution is -0.147. The Morgan fingerprint density at radius 3 is 2.03 bits per heavy atom. The number of hydrogen-bond donors (Lipinski definition) is 3. The molecule has 216 valence electrons. The van der Waals surface area contributed by atoms with Gasteiger partial charge in [-0.15, -0.1) is 0 Å². The summed E-state index contributed by atoms with van der Waals surface area (Å²) in [4.78, 5) is 35.7. The summed E-state index contributed by atoms with van der Waals surface area (Å²) in [5, 5.41) is 11.8. The molecule has 0 saturated heterocycles. The van der Waals surface area contributed by atoms with Crippen LogP contribution in [0.5, 0.6) is 0 Å². The van der Waals surface area contributed by atoms with Crippen molar-refractivity contribution in [2.45, 2.75) is 154 Å². The molecule has 7 nitrogen and oxygen atoms in total. The molecule has 0 aliphatic heterocycles. The molecule has 0 fully saturated rings. The minimum Gasteiger partial charge on any atom is -0.480 e. The Kier molecular flexibility index (Phi) is 24.4. The summed E-state index contributed by atoms with van der Waals surface area (Å²) in [6, 6.07) is -0.864. The predicted octanol–water partition coefficient (Wildman–Crippen LogP) is 6.82. The van der Waals surface area contributed by atoms with E-state index in [-0.39, 0.29) is 18.0 Å². The van der Waals surface area contributed by atoms with E-state index >= 15 is 0 Å². The summed E-state index contributed by atoms with van der Waals surface area (Å²) in [6.45, 7) is 4.81. The van der Waals surface area contributed by atoms with Crippen LogP contribution in [0.4, 0.5) is 0 Å². The summed E-state index contributed by atoms with van der Waals surface area (Å²) >= 11 is 0. The molecule has 0 spiro atoms. The van der Waals surface area contributed by atoms with Crippen molar-refractivity contribution in [3.8, 4) is 0 Å². The average molecular weight is 525 g/mol. The van der Waals surface area contributed by atoms with Crippen molar-refractivity contribution in [3.05, 3.63) is 12.2 Å². The van der Waals surface area contributed by atoms with Crippen molar-refractivity contribution >= 4 is 17.8 Å². The zero-order valence-corrected chi connectivity index (χ0v) is 23.8. The summed E-state index contributed by atoms with van der Waals surface area (Å²) < 4.78 is 5.79. The van der Waals surface area contributed by atoms with E-state index in [0.717, 1.165) is 51.4 Å². The van der Waals surface area contributed by atoms with E-state index in [9.17, 15) is 19.5 Å². The highest BCUT2D eigenvalue weighted by atomic mass is 16.5. The largest absolute Gasteiger partial charge is 0.480 e. The second-order valence-corrected chi connectivity index (χ2v) is 10.2. The molecular weight excluding hydrogens is 468 g/mol. The van der Waals surface area contributed by atoms with Crippen LogP contribution < -0.4 is 11.1 Å². The first-order chi connectivity index (χ1) is 17.9. The van der Waals surface area contributed by atoms with Crippen molar-refractivity contribution in [2.24, 2.45) is 5.73 Å². The first kappa shape index (κ1) is 35.1. The zero-order chi connectivity index (χ0) is 27.6. The van der Waals surface area contributed by atoms with Gasteiger partial charge in [0.1, 0.15) is 12.1 Å². The number of carboxylic acids is 1. The quantitative estimate of drug-likeness (QED) is 0.0648. The Hall–Kier alpha value is -1.89. The van der Waals surface area contributed by atoms with E-state index in [4.69, 9.17) is 10.5 Å². The van der Waals surface area contributed by atoms with Crippen molar-refractivity contribution in [1.82, 2.24) is 5.32 Å². The number of carboxylic acid groups (broad SMARTS) is 1. The number of aliphatic carboxylic acids is 1. The first-order valence-corrected chi connectivity index (χ1v) is 15.0. The number of esters is 1. The smallest absolute Gasteiger partial charge is 0.326 e. The number of rotatable bonds is 26. The third kappa shape index (κ3) is 23.0. The van der Waals surface area contributed by atoms with E-state index in [1.807, 2.05) is 0 Å². The van der Waals surface area contributed by atoms with Gasteiger partial charge in [-0.2, -0.15) is 0 Å². The van der Waals surface area contributed by atoms with Crippen molar-refractivity contribution < 1.29 is 24.2 Å². The van der Waals surface area contributed by atoms with Gasteiger partial charge in [-0.1, -0.05) is 84.1 Å². The lowest BCUT2D eigenvalue weighted by Crippen LogP contribution is -2.40. The molecule has 0 aliphatic carbocycles. The number of hydrogen-bond acceptors (Lipinski definition) is 5.